The molecule has 3 nitrogen and oxygen atoms in total. The maximum absolute atomic E-state index is 8.99. The highest BCUT2D eigenvalue weighted by molar-refractivity contribution is 5.22. The van der Waals surface area contributed by atoms with Crippen LogP contribution in [0.2, 0.25) is 0 Å². The molecule has 0 saturated carbocycles. The molecule has 80 valence electrons. The van der Waals surface area contributed by atoms with Crippen LogP contribution in [0.4, 0.5) is 0 Å². The third kappa shape index (κ3) is 2.36. The van der Waals surface area contributed by atoms with Gasteiger partial charge in [-0.2, -0.15) is 0 Å². The second kappa shape index (κ2) is 4.15. The highest BCUT2D eigenvalue weighted by Gasteiger charge is 2.29. The third-order valence-corrected chi connectivity index (χ3v) is 2.53. The lowest BCUT2D eigenvalue weighted by atomic mass is 9.83. The maximum Gasteiger partial charge on any atom is 0.111 e. The smallest absolute Gasteiger partial charge is 0.111 e. The van der Waals surface area contributed by atoms with E-state index >= 15 is 0 Å². The number of hydrogen-bond acceptors (Lipinski definition) is 3. The van der Waals surface area contributed by atoms with Gasteiger partial charge in [-0.15, -0.1) is 0 Å². The minimum Gasteiger partial charge on any atom is -0.469 e. The Morgan fingerprint density at radius 1 is 1.57 bits per heavy atom. The Hall–Kier alpha value is -0.800. The summed E-state index contributed by atoms with van der Waals surface area (Å²) in [4.78, 5) is 0. The van der Waals surface area contributed by atoms with E-state index in [1.54, 1.807) is 6.26 Å². The fourth-order valence-electron chi connectivity index (χ4n) is 1.71. The molecule has 3 N–H and O–H groups in total. The molecule has 3 heteroatoms. The van der Waals surface area contributed by atoms with Gasteiger partial charge in [0.2, 0.25) is 0 Å². The van der Waals surface area contributed by atoms with Gasteiger partial charge in [-0.1, -0.05) is 0 Å². The van der Waals surface area contributed by atoms with Crippen molar-refractivity contribution in [1.29, 1.82) is 0 Å². The van der Waals surface area contributed by atoms with Crippen LogP contribution in [0, 0.1) is 6.92 Å². The van der Waals surface area contributed by atoms with Gasteiger partial charge in [-0.3, -0.25) is 0 Å². The quantitative estimate of drug-likeness (QED) is 0.773. The Morgan fingerprint density at radius 3 is 2.57 bits per heavy atom. The molecule has 1 rings (SSSR count). The van der Waals surface area contributed by atoms with Crippen molar-refractivity contribution in [2.75, 3.05) is 6.61 Å². The number of nitrogens with two attached hydrogens (primary N) is 1. The van der Waals surface area contributed by atoms with Crippen molar-refractivity contribution in [1.82, 2.24) is 0 Å². The first-order valence-corrected chi connectivity index (χ1v) is 4.90. The Labute approximate surface area is 84.9 Å². The highest BCUT2D eigenvalue weighted by Crippen LogP contribution is 2.31. The number of aliphatic hydroxyl groups is 1. The number of aryl methyl sites for hydroxylation is 1. The van der Waals surface area contributed by atoms with Crippen LogP contribution in [-0.2, 0) is 0 Å². The first-order chi connectivity index (χ1) is 6.46. The van der Waals surface area contributed by atoms with Crippen LogP contribution < -0.4 is 5.73 Å². The summed E-state index contributed by atoms with van der Waals surface area (Å²) in [6.07, 6.45) is 2.30. The Balaban J connectivity index is 2.95. The molecule has 1 atom stereocenters. The van der Waals surface area contributed by atoms with Gasteiger partial charge >= 0.3 is 0 Å². The number of aliphatic hydroxyl groups excluding tert-OH is 1. The molecule has 0 radical (unpaired) electrons. The molecule has 0 aromatic carbocycles. The third-order valence-electron chi connectivity index (χ3n) is 2.53. The zero-order chi connectivity index (χ0) is 10.8. The van der Waals surface area contributed by atoms with Crippen molar-refractivity contribution in [3.8, 4) is 0 Å². The summed E-state index contributed by atoms with van der Waals surface area (Å²) in [5, 5.41) is 8.99. The summed E-state index contributed by atoms with van der Waals surface area (Å²) in [7, 11) is 0. The summed E-state index contributed by atoms with van der Waals surface area (Å²) < 4.78 is 5.41. The molecule has 1 unspecified atom stereocenters. The molecule has 0 fully saturated rings. The van der Waals surface area contributed by atoms with Crippen LogP contribution in [0.25, 0.3) is 0 Å². The molecule has 0 bridgehead atoms. The molecule has 0 aliphatic carbocycles. The minimum absolute atomic E-state index is 0.0718. The van der Waals surface area contributed by atoms with Crippen molar-refractivity contribution in [3.63, 3.8) is 0 Å². The van der Waals surface area contributed by atoms with Crippen molar-refractivity contribution in [3.05, 3.63) is 23.7 Å². The van der Waals surface area contributed by atoms with Crippen LogP contribution in [0.5, 0.6) is 0 Å². The lowest BCUT2D eigenvalue weighted by Gasteiger charge is -2.29. The van der Waals surface area contributed by atoms with E-state index < -0.39 is 0 Å². The zero-order valence-electron chi connectivity index (χ0n) is 9.08. The van der Waals surface area contributed by atoms with Crippen LogP contribution >= 0.6 is 0 Å². The van der Waals surface area contributed by atoms with E-state index in [9.17, 15) is 0 Å². The first kappa shape index (κ1) is 11.3. The van der Waals surface area contributed by atoms with Gasteiger partial charge in [0, 0.05) is 18.1 Å². The Bertz CT molecular complexity index is 286. The summed E-state index contributed by atoms with van der Waals surface area (Å²) in [5.74, 6) is 0.967. The predicted molar refractivity (Wildman–Crippen MR) is 56.2 cm³/mol. The van der Waals surface area contributed by atoms with E-state index in [-0.39, 0.29) is 18.1 Å². The topological polar surface area (TPSA) is 59.4 Å². The standard InChI is InChI=1S/C11H19NO2/c1-8-5-7-14-10(8)9(4-6-13)11(2,3)12/h5,7,9,13H,4,6,12H2,1-3H3. The predicted octanol–water partition coefficient (Wildman–Crippen LogP) is 1.79. The zero-order valence-corrected chi connectivity index (χ0v) is 9.08. The summed E-state index contributed by atoms with van der Waals surface area (Å²) in [5.41, 5.74) is 6.78. The molecule has 0 aliphatic rings. The molecule has 1 aromatic heterocycles. The normalized spacial score (nSPS) is 14.4. The van der Waals surface area contributed by atoms with Gasteiger partial charge in [0.1, 0.15) is 5.76 Å². The highest BCUT2D eigenvalue weighted by atomic mass is 16.3. The van der Waals surface area contributed by atoms with Crippen LogP contribution in [0.1, 0.15) is 37.5 Å². The Morgan fingerprint density at radius 2 is 2.21 bits per heavy atom. The van der Waals surface area contributed by atoms with Crippen molar-refractivity contribution in [2.24, 2.45) is 5.73 Å². The van der Waals surface area contributed by atoms with Crippen LogP contribution in [-0.4, -0.2) is 17.3 Å². The van der Waals surface area contributed by atoms with E-state index in [0.717, 1.165) is 11.3 Å². The number of furan rings is 1. The second-order valence-corrected chi connectivity index (χ2v) is 4.35. The lowest BCUT2D eigenvalue weighted by Crippen LogP contribution is -2.39. The van der Waals surface area contributed by atoms with E-state index in [4.69, 9.17) is 15.3 Å². The van der Waals surface area contributed by atoms with Crippen molar-refractivity contribution in [2.45, 2.75) is 38.6 Å². The summed E-state index contributed by atoms with van der Waals surface area (Å²) >= 11 is 0. The Kier molecular flexibility index (Phi) is 3.34. The SMILES string of the molecule is Cc1ccoc1C(CCO)C(C)(C)N. The second-order valence-electron chi connectivity index (χ2n) is 4.35. The summed E-state index contributed by atoms with van der Waals surface area (Å²) in [6.45, 7) is 6.03. The minimum atomic E-state index is -0.370. The molecule has 0 spiro atoms. The largest absolute Gasteiger partial charge is 0.469 e. The first-order valence-electron chi connectivity index (χ1n) is 4.90. The lowest BCUT2D eigenvalue weighted by molar-refractivity contribution is 0.235. The van der Waals surface area contributed by atoms with Gasteiger partial charge in [0.15, 0.2) is 0 Å². The summed E-state index contributed by atoms with van der Waals surface area (Å²) in [6, 6.07) is 1.92. The van der Waals surface area contributed by atoms with E-state index in [2.05, 4.69) is 0 Å². The molecule has 14 heavy (non-hydrogen) atoms. The average Bonchev–Trinajstić information content (AvgIpc) is 2.45. The molecule has 1 heterocycles. The molecular formula is C11H19NO2. The monoisotopic (exact) mass is 197 g/mol. The van der Waals surface area contributed by atoms with E-state index in [1.807, 2.05) is 26.8 Å². The van der Waals surface area contributed by atoms with Gasteiger partial charge in [-0.05, 0) is 38.8 Å². The number of hydrogen-bond donors (Lipinski definition) is 2. The van der Waals surface area contributed by atoms with Crippen molar-refractivity contribution >= 4 is 0 Å². The van der Waals surface area contributed by atoms with E-state index in [0.29, 0.717) is 6.42 Å². The van der Waals surface area contributed by atoms with Crippen LogP contribution in [0.3, 0.4) is 0 Å². The molecule has 0 aliphatic heterocycles. The van der Waals surface area contributed by atoms with Gasteiger partial charge in [0.05, 0.1) is 6.26 Å². The fourth-order valence-corrected chi connectivity index (χ4v) is 1.71. The van der Waals surface area contributed by atoms with Crippen LogP contribution in [0.15, 0.2) is 16.7 Å². The fraction of sp³-hybridized carbons (Fsp3) is 0.636. The van der Waals surface area contributed by atoms with Gasteiger partial charge in [0.25, 0.3) is 0 Å². The average molecular weight is 197 g/mol. The molecule has 0 saturated heterocycles. The molecular weight excluding hydrogens is 178 g/mol. The maximum atomic E-state index is 8.99. The van der Waals surface area contributed by atoms with Gasteiger partial charge < -0.3 is 15.3 Å². The molecule has 1 aromatic rings. The van der Waals surface area contributed by atoms with Crippen molar-refractivity contribution < 1.29 is 9.52 Å². The molecule has 0 amide bonds. The number of rotatable bonds is 4. The van der Waals surface area contributed by atoms with E-state index in [1.165, 1.54) is 0 Å². The van der Waals surface area contributed by atoms with Gasteiger partial charge in [-0.25, -0.2) is 0 Å².